The zero-order valence-electron chi connectivity index (χ0n) is 48.6. The monoisotopic (exact) mass is 1010 g/mol. The molecule has 1 amide bonds. The van der Waals surface area contributed by atoms with E-state index < -0.39 is 140 Å². The van der Waals surface area contributed by atoms with Crippen LogP contribution in [0.4, 0.5) is 0 Å². The lowest BCUT2D eigenvalue weighted by Gasteiger charge is -2.42. The molecule has 0 aromatic heterocycles. The number of esters is 1. The molecule has 2 saturated heterocycles. The average molecular weight is 1010 g/mol. The van der Waals surface area contributed by atoms with E-state index in [0.29, 0.717) is 51.4 Å². The number of hydrogen-bond donors (Lipinski definition) is 2. The molecule has 2 N–H and O–H groups in total. The molecule has 2 bridgehead atoms. The minimum absolute atomic E-state index is 0.0265. The first-order valence-corrected chi connectivity index (χ1v) is 27.5. The van der Waals surface area contributed by atoms with Crippen molar-refractivity contribution in [1.29, 1.82) is 0 Å². The molecule has 16 heteroatoms. The fourth-order valence-electron chi connectivity index (χ4n) is 10.2. The first-order chi connectivity index (χ1) is 34.7. The lowest BCUT2D eigenvalue weighted by Crippen LogP contribution is -2.61. The van der Waals surface area contributed by atoms with Crippen LogP contribution >= 0.6 is 7.37 Å². The molecule has 1 aliphatic carbocycles. The van der Waals surface area contributed by atoms with Crippen LogP contribution in [0.25, 0.3) is 0 Å². The molecule has 15 nitrogen and oxygen atoms in total. The number of amides is 1. The van der Waals surface area contributed by atoms with Gasteiger partial charge in [-0.05, 0) is 106 Å². The lowest BCUT2D eigenvalue weighted by molar-refractivity contribution is -0.265. The van der Waals surface area contributed by atoms with Crippen LogP contribution in [0.5, 0.6) is 0 Å². The van der Waals surface area contributed by atoms with Crippen molar-refractivity contribution in [3.05, 3.63) is 47.6 Å². The van der Waals surface area contributed by atoms with Gasteiger partial charge in [0.25, 0.3) is 11.7 Å². The van der Waals surface area contributed by atoms with E-state index in [9.17, 15) is 41.5 Å². The summed E-state index contributed by atoms with van der Waals surface area (Å²) < 4.78 is 92.1. The Hall–Kier alpha value is -3.14. The summed E-state index contributed by atoms with van der Waals surface area (Å²) in [6, 6.07) is -1.31. The Morgan fingerprint density at radius 1 is 0.914 bits per heavy atom. The Labute approximate surface area is 425 Å². The van der Waals surface area contributed by atoms with Crippen LogP contribution < -0.4 is 0 Å². The van der Waals surface area contributed by atoms with Crippen molar-refractivity contribution < 1.29 is 73.8 Å². The van der Waals surface area contributed by atoms with Gasteiger partial charge < -0.3 is 43.3 Å². The van der Waals surface area contributed by atoms with Crippen LogP contribution in [0.3, 0.4) is 0 Å². The predicted molar refractivity (Wildman–Crippen MR) is 268 cm³/mol. The molecule has 3 aliphatic heterocycles. The number of Topliss-reactive ketones (excluding diaryl/α,β-unsaturated/α-hetero) is 3. The highest BCUT2D eigenvalue weighted by atomic mass is 31.2. The van der Waals surface area contributed by atoms with Crippen molar-refractivity contribution in [3.63, 3.8) is 0 Å². The molecule has 1 saturated carbocycles. The quantitative estimate of drug-likeness (QED) is 0.103. The number of hydrogen-bond acceptors (Lipinski definition) is 14. The first kappa shape index (κ1) is 51.7. The van der Waals surface area contributed by atoms with Crippen molar-refractivity contribution in [2.24, 2.45) is 41.4 Å². The second kappa shape index (κ2) is 26.7. The van der Waals surface area contributed by atoms with Gasteiger partial charge in [0.2, 0.25) is 5.79 Å². The minimum atomic E-state index is -3.01. The van der Waals surface area contributed by atoms with Gasteiger partial charge in [-0.3, -0.25) is 23.7 Å². The highest BCUT2D eigenvalue weighted by molar-refractivity contribution is 7.57. The fraction of sp³-hybridized carbons (Fsp3) is 0.759. The Balaban J connectivity index is 1.82. The smallest absolute Gasteiger partial charge is 0.329 e. The number of piperidine rings is 1. The van der Waals surface area contributed by atoms with E-state index in [1.165, 1.54) is 68.4 Å². The predicted octanol–water partition coefficient (Wildman–Crippen LogP) is 7.99. The number of ketones is 3. The molecule has 4 aliphatic rings. The summed E-state index contributed by atoms with van der Waals surface area (Å²) in [5.74, 6) is -15.5. The van der Waals surface area contributed by atoms with Gasteiger partial charge in [0.15, 0.2) is 13.2 Å². The Kier molecular flexibility index (Phi) is 19.7. The number of methoxy groups -OCH3 is 3. The van der Waals surface area contributed by atoms with Crippen LogP contribution in [0.15, 0.2) is 47.6 Å². The zero-order chi connectivity index (χ0) is 56.6. The second-order valence-corrected chi connectivity index (χ2v) is 23.3. The van der Waals surface area contributed by atoms with E-state index in [2.05, 4.69) is 0 Å². The maximum Gasteiger partial charge on any atom is 0.329 e. The van der Waals surface area contributed by atoms with Gasteiger partial charge in [0.1, 0.15) is 30.1 Å². The highest BCUT2D eigenvalue weighted by Gasteiger charge is 2.53. The third kappa shape index (κ3) is 15.7. The van der Waals surface area contributed by atoms with E-state index in [1.807, 2.05) is 6.92 Å². The van der Waals surface area contributed by atoms with Crippen LogP contribution in [0.1, 0.15) is 133 Å². The van der Waals surface area contributed by atoms with E-state index in [4.69, 9.17) is 32.3 Å². The number of aliphatic hydroxyl groups is 2. The van der Waals surface area contributed by atoms with E-state index in [-0.39, 0.29) is 30.9 Å². The number of carbonyl (C=O) groups is 5. The molecule has 0 aromatic carbocycles. The lowest BCUT2D eigenvalue weighted by atomic mass is 9.78. The average Bonchev–Trinajstić information content (AvgIpc) is 3.33. The minimum Gasteiger partial charge on any atom is -0.460 e. The van der Waals surface area contributed by atoms with Gasteiger partial charge in [-0.2, -0.15) is 0 Å². The van der Waals surface area contributed by atoms with Crippen molar-refractivity contribution in [2.75, 3.05) is 41.2 Å². The Morgan fingerprint density at radius 3 is 2.27 bits per heavy atom. The summed E-state index contributed by atoms with van der Waals surface area (Å²) in [5.41, 5.74) is 0.660. The van der Waals surface area contributed by atoms with Gasteiger partial charge in [-0.1, -0.05) is 77.9 Å². The Morgan fingerprint density at radius 2 is 1.63 bits per heavy atom. The summed E-state index contributed by atoms with van der Waals surface area (Å²) in [6.45, 7) is 10.9. The number of aliphatic hydroxyl groups excluding tert-OH is 1. The molecule has 0 aromatic rings. The zero-order valence-corrected chi connectivity index (χ0v) is 44.5. The van der Waals surface area contributed by atoms with Crippen LogP contribution in [-0.4, -0.2) is 140 Å². The molecular weight excluding hydrogens is 918 g/mol. The summed E-state index contributed by atoms with van der Waals surface area (Å²) in [5, 5.41) is 23.7. The second-order valence-electron chi connectivity index (χ2n) is 20.6. The van der Waals surface area contributed by atoms with E-state index >= 15 is 0 Å². The fourth-order valence-corrected chi connectivity index (χ4v) is 11.1. The summed E-state index contributed by atoms with van der Waals surface area (Å²) in [4.78, 5) is 73.2. The van der Waals surface area contributed by atoms with Gasteiger partial charge in [0, 0.05) is 78.7 Å². The van der Waals surface area contributed by atoms with Gasteiger partial charge in [-0.15, -0.1) is 0 Å². The number of allylic oxidation sites excluding steroid dienone is 6. The van der Waals surface area contributed by atoms with Crippen molar-refractivity contribution in [2.45, 2.75) is 181 Å². The Bertz CT molecular complexity index is 2190. The molecule has 16 atom stereocenters. The molecule has 3 heterocycles. The molecule has 70 heavy (non-hydrogen) atoms. The highest BCUT2D eigenvalue weighted by Crippen LogP contribution is 2.45. The largest absolute Gasteiger partial charge is 0.460 e. The van der Waals surface area contributed by atoms with Crippen LogP contribution in [-0.2, 0) is 56.7 Å². The third-order valence-electron chi connectivity index (χ3n) is 15.0. The maximum atomic E-state index is 14.6. The molecule has 0 radical (unpaired) electrons. The number of fused-ring (bicyclic) bond motifs is 3. The van der Waals surface area contributed by atoms with Crippen molar-refractivity contribution in [1.82, 2.24) is 4.90 Å². The molecule has 396 valence electrons. The summed E-state index contributed by atoms with van der Waals surface area (Å²) >= 11 is 0. The summed E-state index contributed by atoms with van der Waals surface area (Å²) in [6.07, 6.45) is 5.71. The van der Waals surface area contributed by atoms with Crippen LogP contribution in [0.2, 0.25) is 0 Å². The number of ether oxygens (including phenoxy) is 5. The van der Waals surface area contributed by atoms with E-state index in [0.717, 1.165) is 16.5 Å². The number of rotatable bonds is 8. The van der Waals surface area contributed by atoms with Crippen LogP contribution in [0, 0.1) is 41.4 Å². The maximum absolute atomic E-state index is 14.6. The molecule has 3 fully saturated rings. The van der Waals surface area contributed by atoms with Gasteiger partial charge in [-0.25, -0.2) is 4.79 Å². The molecular formula is C54H86NO14P. The van der Waals surface area contributed by atoms with Crippen molar-refractivity contribution in [3.8, 4) is 0 Å². The van der Waals surface area contributed by atoms with E-state index in [1.54, 1.807) is 38.2 Å². The topological polar surface area (TPSA) is 201 Å². The molecule has 0 spiro atoms. The normalized spacial score (nSPS) is 43.0. The number of nitrogens with zero attached hydrogens (tertiary/aromatic N) is 1. The van der Waals surface area contributed by atoms with Gasteiger partial charge >= 0.3 is 5.97 Å². The molecule has 1 unspecified atom stereocenters. The molecule has 4 rings (SSSR count). The standard InChI is InChI=1S/C54H86NO14P/c1-32-19-15-14-16-20-33(2)45(64-9)30-41-24-22-37(6)54(62,68-41)51(59)52(60)55-26-18-17-21-42(55)53(61)67-46(35(4)28-40-23-25-44(47(29-40)65-10)69-70(12,13)63)31-43(56)34(3)27-36(5)48(57)50(66-11)49(58)39(8)38(32)7/h14-16,19-20,27,32,34-35,37-42,44-48,50,57,62H,17-18,21-26,28-31H2,1-13H3/b16-14+,19-15+,33-20+,36-27+/t32-,34-,35-,37-,38?,39-,40+,41+,42+,44-,45+,46+,47-,48-,50-,54-/m1/s1/i3D3,32D,38D. The third-order valence-corrected chi connectivity index (χ3v) is 15.8. The number of cyclic esters (lactones) is 1. The SMILES string of the molecule is [2H]C([2H])([2H])[C@@H]1/C=C(\C)[C@@H](O)[C@@H](OC)C(=O)[C@H](C)C([2H])(C)[C@]([2H])(C)/C=C/C=C/C=C(\C)[C@@H](OC)C[C@@H]2CC[C@@H](C)[C@@](O)(O2)C(=O)C(=O)N2CCCC[C@H]2C(=O)O[C@H]([C@H](C)C[C@@H]2CC[C@@H](OP(C)(C)=O)[C@H](OC)C2)CC1=O. The summed E-state index contributed by atoms with van der Waals surface area (Å²) in [7, 11) is 1.35. The van der Waals surface area contributed by atoms with Gasteiger partial charge in [0.05, 0.1) is 24.4 Å². The number of carbonyl (C=O) groups excluding carboxylic acids is 5. The van der Waals surface area contributed by atoms with Crippen molar-refractivity contribution >= 4 is 36.6 Å². The first-order valence-electron chi connectivity index (χ1n) is 27.5.